The minimum absolute atomic E-state index is 0.0131. The van der Waals surface area contributed by atoms with Crippen molar-refractivity contribution in [2.75, 3.05) is 14.2 Å². The molecule has 5 rings (SSSR count). The maximum Gasteiger partial charge on any atom is 0.269 e. The van der Waals surface area contributed by atoms with Crippen LogP contribution in [0.2, 0.25) is 0 Å². The quantitative estimate of drug-likeness (QED) is 0.380. The average molecular weight is 440 g/mol. The molecule has 164 valence electrons. The molecule has 0 unspecified atom stereocenters. The van der Waals surface area contributed by atoms with Crippen LogP contribution in [0.25, 0.3) is 33.5 Å². The zero-order chi connectivity index (χ0) is 22.9. The Morgan fingerprint density at radius 1 is 0.879 bits per heavy atom. The first kappa shape index (κ1) is 20.5. The van der Waals surface area contributed by atoms with Gasteiger partial charge in [-0.15, -0.1) is 0 Å². The molecule has 5 aromatic rings. The molecule has 0 amide bonds. The SMILES string of the molecule is COc1ccc(-c2nc3oc4cc(OC)ccc4c(=O)c3c(=O)n2Cc2ccccc2)cc1. The van der Waals surface area contributed by atoms with E-state index >= 15 is 0 Å². The van der Waals surface area contributed by atoms with E-state index in [0.29, 0.717) is 33.9 Å². The summed E-state index contributed by atoms with van der Waals surface area (Å²) in [4.78, 5) is 31.6. The van der Waals surface area contributed by atoms with Crippen LogP contribution in [0.3, 0.4) is 0 Å². The Bertz CT molecular complexity index is 1590. The lowest BCUT2D eigenvalue weighted by Crippen LogP contribution is -2.28. The van der Waals surface area contributed by atoms with Gasteiger partial charge < -0.3 is 13.9 Å². The molecule has 0 saturated heterocycles. The Labute approximate surface area is 188 Å². The number of aromatic nitrogens is 2. The molecule has 33 heavy (non-hydrogen) atoms. The Morgan fingerprint density at radius 3 is 2.27 bits per heavy atom. The van der Waals surface area contributed by atoms with Gasteiger partial charge in [0.05, 0.1) is 26.2 Å². The molecule has 0 fully saturated rings. The van der Waals surface area contributed by atoms with Crippen molar-refractivity contribution >= 4 is 22.1 Å². The maximum absolute atomic E-state index is 13.7. The van der Waals surface area contributed by atoms with Crippen LogP contribution >= 0.6 is 0 Å². The third-order valence-corrected chi connectivity index (χ3v) is 5.53. The second-order valence-electron chi connectivity index (χ2n) is 7.51. The first-order valence-corrected chi connectivity index (χ1v) is 10.3. The fourth-order valence-electron chi connectivity index (χ4n) is 3.82. The van der Waals surface area contributed by atoms with Crippen molar-refractivity contribution in [1.29, 1.82) is 0 Å². The third-order valence-electron chi connectivity index (χ3n) is 5.53. The largest absolute Gasteiger partial charge is 0.497 e. The van der Waals surface area contributed by atoms with Crippen LogP contribution in [0.5, 0.6) is 11.5 Å². The van der Waals surface area contributed by atoms with Crippen LogP contribution in [0.1, 0.15) is 5.56 Å². The van der Waals surface area contributed by atoms with Gasteiger partial charge in [-0.25, -0.2) is 0 Å². The Morgan fingerprint density at radius 2 is 1.58 bits per heavy atom. The maximum atomic E-state index is 13.7. The zero-order valence-corrected chi connectivity index (χ0v) is 18.1. The van der Waals surface area contributed by atoms with E-state index in [4.69, 9.17) is 13.9 Å². The molecule has 0 aliphatic rings. The zero-order valence-electron chi connectivity index (χ0n) is 18.1. The number of ether oxygens (including phenoxy) is 2. The Balaban J connectivity index is 1.83. The monoisotopic (exact) mass is 440 g/mol. The Kier molecular flexibility index (Phi) is 5.14. The lowest BCUT2D eigenvalue weighted by Gasteiger charge is -2.14. The highest BCUT2D eigenvalue weighted by atomic mass is 16.5. The highest BCUT2D eigenvalue weighted by Crippen LogP contribution is 2.25. The molecule has 0 saturated carbocycles. The van der Waals surface area contributed by atoms with E-state index in [1.807, 2.05) is 42.5 Å². The minimum Gasteiger partial charge on any atom is -0.497 e. The average Bonchev–Trinajstić information content (AvgIpc) is 2.86. The summed E-state index contributed by atoms with van der Waals surface area (Å²) in [5.41, 5.74) is 1.02. The van der Waals surface area contributed by atoms with Gasteiger partial charge in [-0.3, -0.25) is 14.2 Å². The number of hydrogen-bond donors (Lipinski definition) is 0. The molecule has 0 atom stereocenters. The molecule has 7 nitrogen and oxygen atoms in total. The highest BCUT2D eigenvalue weighted by Gasteiger charge is 2.19. The molecule has 2 heterocycles. The number of hydrogen-bond acceptors (Lipinski definition) is 6. The van der Waals surface area contributed by atoms with Gasteiger partial charge in [0, 0.05) is 11.6 Å². The van der Waals surface area contributed by atoms with Gasteiger partial charge >= 0.3 is 0 Å². The molecular formula is C26H20N2O5. The normalized spacial score (nSPS) is 11.1. The standard InChI is InChI=1S/C26H20N2O5/c1-31-18-10-8-17(9-11-18)24-27-25-22(26(30)28(24)15-16-6-4-3-5-7-16)23(29)20-13-12-19(32-2)14-21(20)33-25/h3-14H,15H2,1-2H3. The molecule has 0 N–H and O–H groups in total. The van der Waals surface area contributed by atoms with Crippen molar-refractivity contribution in [3.05, 3.63) is 98.9 Å². The van der Waals surface area contributed by atoms with Gasteiger partial charge in [0.15, 0.2) is 5.39 Å². The summed E-state index contributed by atoms with van der Waals surface area (Å²) in [6.07, 6.45) is 0. The third kappa shape index (κ3) is 3.63. The lowest BCUT2D eigenvalue weighted by molar-refractivity contribution is 0.414. The first-order chi connectivity index (χ1) is 16.1. The molecule has 0 spiro atoms. The van der Waals surface area contributed by atoms with Crippen molar-refractivity contribution in [3.63, 3.8) is 0 Å². The minimum atomic E-state index is -0.457. The van der Waals surface area contributed by atoms with Crippen molar-refractivity contribution in [3.8, 4) is 22.9 Å². The fourth-order valence-corrected chi connectivity index (χ4v) is 3.82. The predicted octanol–water partition coefficient (Wildman–Crippen LogP) is 4.24. The molecule has 0 aliphatic heterocycles. The van der Waals surface area contributed by atoms with Crippen LogP contribution in [0, 0.1) is 0 Å². The Hall–Kier alpha value is -4.39. The molecule has 0 radical (unpaired) electrons. The van der Waals surface area contributed by atoms with Crippen LogP contribution in [-0.2, 0) is 6.54 Å². The fraction of sp³-hybridized carbons (Fsp3) is 0.115. The van der Waals surface area contributed by atoms with E-state index in [2.05, 4.69) is 4.98 Å². The van der Waals surface area contributed by atoms with Crippen molar-refractivity contribution in [1.82, 2.24) is 9.55 Å². The molecular weight excluding hydrogens is 420 g/mol. The van der Waals surface area contributed by atoms with Crippen LogP contribution in [0.15, 0.2) is 86.8 Å². The summed E-state index contributed by atoms with van der Waals surface area (Å²) < 4.78 is 17.9. The van der Waals surface area contributed by atoms with Gasteiger partial charge in [-0.2, -0.15) is 4.98 Å². The van der Waals surface area contributed by atoms with E-state index < -0.39 is 11.0 Å². The van der Waals surface area contributed by atoms with Crippen molar-refractivity contribution in [2.24, 2.45) is 0 Å². The summed E-state index contributed by atoms with van der Waals surface area (Å²) in [5.74, 6) is 1.61. The number of fused-ring (bicyclic) bond motifs is 2. The van der Waals surface area contributed by atoms with Crippen molar-refractivity contribution < 1.29 is 13.9 Å². The van der Waals surface area contributed by atoms with Crippen LogP contribution in [-0.4, -0.2) is 23.8 Å². The van der Waals surface area contributed by atoms with Crippen LogP contribution in [0.4, 0.5) is 0 Å². The second-order valence-corrected chi connectivity index (χ2v) is 7.51. The molecule has 3 aromatic carbocycles. The first-order valence-electron chi connectivity index (χ1n) is 10.3. The van der Waals surface area contributed by atoms with Gasteiger partial charge in [-0.05, 0) is 42.0 Å². The van der Waals surface area contributed by atoms with Crippen LogP contribution < -0.4 is 20.5 Å². The van der Waals surface area contributed by atoms with E-state index in [1.54, 1.807) is 37.4 Å². The number of rotatable bonds is 5. The van der Waals surface area contributed by atoms with E-state index in [0.717, 1.165) is 5.56 Å². The highest BCUT2D eigenvalue weighted by molar-refractivity contribution is 5.89. The van der Waals surface area contributed by atoms with E-state index in [9.17, 15) is 9.59 Å². The second kappa shape index (κ2) is 8.27. The smallest absolute Gasteiger partial charge is 0.269 e. The van der Waals surface area contributed by atoms with E-state index in [-0.39, 0.29) is 17.6 Å². The molecule has 0 bridgehead atoms. The molecule has 2 aromatic heterocycles. The molecule has 0 aliphatic carbocycles. The summed E-state index contributed by atoms with van der Waals surface area (Å²) in [5, 5.41) is 0.214. The number of methoxy groups -OCH3 is 2. The van der Waals surface area contributed by atoms with Gasteiger partial charge in [-0.1, -0.05) is 30.3 Å². The lowest BCUT2D eigenvalue weighted by atomic mass is 10.1. The predicted molar refractivity (Wildman–Crippen MR) is 126 cm³/mol. The summed E-state index contributed by atoms with van der Waals surface area (Å²) in [6.45, 7) is 0.254. The number of nitrogens with zero attached hydrogens (tertiary/aromatic N) is 2. The summed E-state index contributed by atoms with van der Waals surface area (Å²) >= 11 is 0. The topological polar surface area (TPSA) is 83.6 Å². The van der Waals surface area contributed by atoms with E-state index in [1.165, 1.54) is 11.7 Å². The summed E-state index contributed by atoms with van der Waals surface area (Å²) in [7, 11) is 3.12. The van der Waals surface area contributed by atoms with Gasteiger partial charge in [0.2, 0.25) is 11.1 Å². The molecule has 7 heteroatoms. The summed E-state index contributed by atoms with van der Waals surface area (Å²) in [6, 6.07) is 21.6. The van der Waals surface area contributed by atoms with Crippen molar-refractivity contribution in [2.45, 2.75) is 6.54 Å². The van der Waals surface area contributed by atoms with Gasteiger partial charge in [0.25, 0.3) is 5.56 Å². The number of benzene rings is 3. The van der Waals surface area contributed by atoms with Gasteiger partial charge in [0.1, 0.15) is 22.9 Å².